The van der Waals surface area contributed by atoms with Gasteiger partial charge >= 0.3 is 5.97 Å². The zero-order valence-electron chi connectivity index (χ0n) is 13.3. The number of amides is 1. The van der Waals surface area contributed by atoms with E-state index in [-0.39, 0.29) is 13.0 Å². The average Bonchev–Trinajstić information content (AvgIpc) is 2.59. The van der Waals surface area contributed by atoms with Crippen LogP contribution in [0.5, 0.6) is 0 Å². The van der Waals surface area contributed by atoms with Gasteiger partial charge in [0.15, 0.2) is 6.10 Å². The molecular weight excluding hydrogens is 367 g/mol. The number of halogens is 2. The molecule has 1 aromatic carbocycles. The average molecular weight is 383 g/mol. The molecule has 0 bridgehead atoms. The molecule has 0 saturated heterocycles. The van der Waals surface area contributed by atoms with Crippen molar-refractivity contribution >= 4 is 46.7 Å². The van der Waals surface area contributed by atoms with Crippen LogP contribution in [0.2, 0.25) is 10.0 Å². The Balaban J connectivity index is 1.78. The molecule has 7 nitrogen and oxygen atoms in total. The van der Waals surface area contributed by atoms with Crippen molar-refractivity contribution in [1.29, 1.82) is 0 Å². The van der Waals surface area contributed by atoms with Crippen molar-refractivity contribution in [3.8, 4) is 0 Å². The summed E-state index contributed by atoms with van der Waals surface area (Å²) in [7, 11) is 0. The summed E-state index contributed by atoms with van der Waals surface area (Å²) in [4.78, 5) is 31.8. The van der Waals surface area contributed by atoms with Crippen molar-refractivity contribution in [1.82, 2.24) is 9.97 Å². The Bertz CT molecular complexity index is 743. The molecule has 2 aromatic rings. The molecule has 2 rings (SSSR count). The second kappa shape index (κ2) is 9.19. The molecule has 0 aliphatic rings. The minimum absolute atomic E-state index is 0.0633. The van der Waals surface area contributed by atoms with Crippen molar-refractivity contribution in [3.63, 3.8) is 0 Å². The topological polar surface area (TPSA) is 93.2 Å². The molecule has 2 N–H and O–H groups in total. The molecule has 1 unspecified atom stereocenters. The van der Waals surface area contributed by atoms with Gasteiger partial charge in [-0.3, -0.25) is 9.59 Å². The minimum atomic E-state index is -0.976. The number of esters is 1. The van der Waals surface area contributed by atoms with Gasteiger partial charge in [0.2, 0.25) is 5.95 Å². The predicted octanol–water partition coefficient (Wildman–Crippen LogP) is 3.16. The summed E-state index contributed by atoms with van der Waals surface area (Å²) in [5.41, 5.74) is 0.352. The first-order valence-electron chi connectivity index (χ1n) is 7.42. The summed E-state index contributed by atoms with van der Waals surface area (Å²) in [6.07, 6.45) is 2.26. The number of rotatable bonds is 7. The minimum Gasteiger partial charge on any atom is -0.452 e. The zero-order chi connectivity index (χ0) is 18.2. The van der Waals surface area contributed by atoms with Crippen LogP contribution >= 0.6 is 23.2 Å². The number of nitrogens with zero attached hydrogens (tertiary/aromatic N) is 2. The Morgan fingerprint density at radius 2 is 1.96 bits per heavy atom. The van der Waals surface area contributed by atoms with Gasteiger partial charge in [-0.1, -0.05) is 23.2 Å². The van der Waals surface area contributed by atoms with E-state index in [9.17, 15) is 9.59 Å². The van der Waals surface area contributed by atoms with E-state index < -0.39 is 18.0 Å². The van der Waals surface area contributed by atoms with Crippen LogP contribution in [0.3, 0.4) is 0 Å². The SMILES string of the molecule is CC(OC(=O)CCNc1ncccn1)C(=O)Nc1cc(Cl)ccc1Cl. The number of hydrogen-bond donors (Lipinski definition) is 2. The maximum Gasteiger partial charge on any atom is 0.308 e. The van der Waals surface area contributed by atoms with Crippen molar-refractivity contribution in [3.05, 3.63) is 46.7 Å². The lowest BCUT2D eigenvalue weighted by atomic mass is 10.3. The fourth-order valence-electron chi connectivity index (χ4n) is 1.80. The lowest BCUT2D eigenvalue weighted by Gasteiger charge is -2.14. The van der Waals surface area contributed by atoms with Gasteiger partial charge < -0.3 is 15.4 Å². The third kappa shape index (κ3) is 6.21. The Morgan fingerprint density at radius 1 is 1.24 bits per heavy atom. The Labute approximate surface area is 154 Å². The normalized spacial score (nSPS) is 11.5. The number of carbonyl (C=O) groups excluding carboxylic acids is 2. The van der Waals surface area contributed by atoms with E-state index in [1.165, 1.54) is 13.0 Å². The van der Waals surface area contributed by atoms with Crippen LogP contribution in [-0.4, -0.2) is 34.5 Å². The van der Waals surface area contributed by atoms with Crippen molar-refractivity contribution < 1.29 is 14.3 Å². The first-order chi connectivity index (χ1) is 12.0. The highest BCUT2D eigenvalue weighted by atomic mass is 35.5. The molecule has 0 saturated carbocycles. The highest BCUT2D eigenvalue weighted by Gasteiger charge is 2.18. The molecule has 132 valence electrons. The molecule has 0 aliphatic heterocycles. The quantitative estimate of drug-likeness (QED) is 0.714. The van der Waals surface area contributed by atoms with Gasteiger partial charge in [-0.15, -0.1) is 0 Å². The van der Waals surface area contributed by atoms with E-state index >= 15 is 0 Å². The van der Waals surface area contributed by atoms with Crippen LogP contribution in [0.4, 0.5) is 11.6 Å². The van der Waals surface area contributed by atoms with Crippen molar-refractivity contribution in [2.45, 2.75) is 19.4 Å². The van der Waals surface area contributed by atoms with Gasteiger partial charge in [0, 0.05) is 24.0 Å². The molecule has 25 heavy (non-hydrogen) atoms. The van der Waals surface area contributed by atoms with Gasteiger partial charge in [0.25, 0.3) is 5.91 Å². The maximum absolute atomic E-state index is 12.1. The molecule has 1 atom stereocenters. The second-order valence-electron chi connectivity index (χ2n) is 4.99. The molecule has 0 fully saturated rings. The number of anilines is 2. The van der Waals surface area contributed by atoms with Gasteiger partial charge in [-0.2, -0.15) is 0 Å². The fraction of sp³-hybridized carbons (Fsp3) is 0.250. The van der Waals surface area contributed by atoms with Gasteiger partial charge in [0.1, 0.15) is 0 Å². The number of nitrogens with one attached hydrogen (secondary N) is 2. The third-order valence-corrected chi connectivity index (χ3v) is 3.61. The number of hydrogen-bond acceptors (Lipinski definition) is 6. The molecule has 9 heteroatoms. The van der Waals surface area contributed by atoms with E-state index in [1.54, 1.807) is 30.6 Å². The van der Waals surface area contributed by atoms with Crippen LogP contribution in [0.1, 0.15) is 13.3 Å². The highest BCUT2D eigenvalue weighted by molar-refractivity contribution is 6.35. The van der Waals surface area contributed by atoms with E-state index in [2.05, 4.69) is 20.6 Å². The Morgan fingerprint density at radius 3 is 2.68 bits per heavy atom. The summed E-state index contributed by atoms with van der Waals surface area (Å²) in [5.74, 6) is -0.614. The molecule has 0 spiro atoms. The van der Waals surface area contributed by atoms with Crippen LogP contribution in [0.15, 0.2) is 36.7 Å². The first-order valence-corrected chi connectivity index (χ1v) is 8.17. The number of carbonyl (C=O) groups is 2. The number of ether oxygens (including phenoxy) is 1. The monoisotopic (exact) mass is 382 g/mol. The molecular formula is C16H16Cl2N4O3. The van der Waals surface area contributed by atoms with Crippen LogP contribution in [0.25, 0.3) is 0 Å². The van der Waals surface area contributed by atoms with Crippen LogP contribution in [-0.2, 0) is 14.3 Å². The summed E-state index contributed by atoms with van der Waals surface area (Å²) in [6.45, 7) is 1.76. The second-order valence-corrected chi connectivity index (χ2v) is 5.84. The Hall–Kier alpha value is -2.38. The summed E-state index contributed by atoms with van der Waals surface area (Å²) >= 11 is 11.8. The Kier molecular flexibility index (Phi) is 6.97. The molecule has 1 aromatic heterocycles. The lowest BCUT2D eigenvalue weighted by molar-refractivity contribution is -0.152. The maximum atomic E-state index is 12.1. The van der Waals surface area contributed by atoms with Gasteiger partial charge in [-0.05, 0) is 31.2 Å². The van der Waals surface area contributed by atoms with Crippen LogP contribution < -0.4 is 10.6 Å². The van der Waals surface area contributed by atoms with Gasteiger partial charge in [0.05, 0.1) is 17.1 Å². The lowest BCUT2D eigenvalue weighted by Crippen LogP contribution is -2.30. The number of benzene rings is 1. The summed E-state index contributed by atoms with van der Waals surface area (Å²) < 4.78 is 5.08. The van der Waals surface area contributed by atoms with Crippen molar-refractivity contribution in [2.75, 3.05) is 17.2 Å². The van der Waals surface area contributed by atoms with Crippen LogP contribution in [0, 0.1) is 0 Å². The predicted molar refractivity (Wildman–Crippen MR) is 95.8 cm³/mol. The molecule has 0 aliphatic carbocycles. The van der Waals surface area contributed by atoms with E-state index in [0.717, 1.165) is 0 Å². The van der Waals surface area contributed by atoms with E-state index in [4.69, 9.17) is 27.9 Å². The molecule has 1 heterocycles. The van der Waals surface area contributed by atoms with E-state index in [0.29, 0.717) is 21.7 Å². The van der Waals surface area contributed by atoms with E-state index in [1.807, 2.05) is 0 Å². The largest absolute Gasteiger partial charge is 0.452 e. The smallest absolute Gasteiger partial charge is 0.308 e. The van der Waals surface area contributed by atoms with Gasteiger partial charge in [-0.25, -0.2) is 9.97 Å². The summed E-state index contributed by atoms with van der Waals surface area (Å²) in [5, 5.41) is 6.21. The first kappa shape index (κ1) is 19.0. The highest BCUT2D eigenvalue weighted by Crippen LogP contribution is 2.25. The third-order valence-electron chi connectivity index (χ3n) is 3.04. The molecule has 0 radical (unpaired) electrons. The molecule has 1 amide bonds. The fourth-order valence-corrected chi connectivity index (χ4v) is 2.14. The zero-order valence-corrected chi connectivity index (χ0v) is 14.8. The number of aromatic nitrogens is 2. The van der Waals surface area contributed by atoms with Crippen molar-refractivity contribution in [2.24, 2.45) is 0 Å². The summed E-state index contributed by atoms with van der Waals surface area (Å²) in [6, 6.07) is 6.37. The standard InChI is InChI=1S/C16H16Cl2N4O3/c1-10(15(24)22-13-9-11(17)3-4-12(13)18)25-14(23)5-8-21-16-19-6-2-7-20-16/h2-4,6-7,9-10H,5,8H2,1H3,(H,22,24)(H,19,20,21).